The summed E-state index contributed by atoms with van der Waals surface area (Å²) >= 11 is 13.0. The van der Waals surface area contributed by atoms with E-state index in [1.165, 1.54) is 9.21 Å². The Kier molecular flexibility index (Phi) is 11.5. The number of benzene rings is 3. The van der Waals surface area contributed by atoms with E-state index in [9.17, 15) is 18.0 Å². The molecule has 2 amide bonds. The number of halogens is 2. The minimum atomic E-state index is -3.59. The van der Waals surface area contributed by atoms with Crippen LogP contribution in [0.15, 0.2) is 72.8 Å². The van der Waals surface area contributed by atoms with E-state index < -0.39 is 21.6 Å². The van der Waals surface area contributed by atoms with Crippen LogP contribution in [0.4, 0.5) is 5.69 Å². The number of hydrogen-bond donors (Lipinski definition) is 1. The number of nitrogens with one attached hydrogen (secondary N) is 1. The molecular weight excluding hydrogens is 593 g/mol. The minimum Gasteiger partial charge on any atom is -0.350 e. The molecule has 0 aliphatic heterocycles. The normalized spacial score (nSPS) is 12.5. The molecule has 226 valence electrons. The van der Waals surface area contributed by atoms with Gasteiger partial charge in [-0.3, -0.25) is 13.9 Å². The third-order valence-electron chi connectivity index (χ3n) is 6.63. The maximum absolute atomic E-state index is 14.0. The summed E-state index contributed by atoms with van der Waals surface area (Å²) in [5.41, 5.74) is 2.42. The minimum absolute atomic E-state index is 0.00798. The predicted octanol–water partition coefficient (Wildman–Crippen LogP) is 6.40. The molecule has 1 N–H and O–H groups in total. The summed E-state index contributed by atoms with van der Waals surface area (Å²) in [6.07, 6.45) is 1.67. The standard InChI is InChI=1S/C32H39Cl2N3O4S/c1-23-16-18-25(19-17-23)37(42(5,40)41)20-10-15-30(38)36(22-26-27(33)13-9-14-28(26)34)29(31(39)35-32(2,3)4)21-24-11-7-6-8-12-24/h6-9,11-14,16-19,29H,10,15,20-22H2,1-5H3,(H,35,39)/t29-/m0/s1. The highest BCUT2D eigenvalue weighted by atomic mass is 35.5. The molecule has 7 nitrogen and oxygen atoms in total. The van der Waals surface area contributed by atoms with Crippen LogP contribution in [0, 0.1) is 6.92 Å². The molecule has 0 aromatic heterocycles. The smallest absolute Gasteiger partial charge is 0.243 e. The van der Waals surface area contributed by atoms with Crippen molar-refractivity contribution in [3.63, 3.8) is 0 Å². The van der Waals surface area contributed by atoms with Crippen molar-refractivity contribution in [3.8, 4) is 0 Å². The van der Waals surface area contributed by atoms with Crippen molar-refractivity contribution in [3.05, 3.63) is 99.5 Å². The average molecular weight is 633 g/mol. The average Bonchev–Trinajstić information content (AvgIpc) is 2.89. The molecule has 0 saturated carbocycles. The molecule has 42 heavy (non-hydrogen) atoms. The van der Waals surface area contributed by atoms with E-state index in [1.54, 1.807) is 30.3 Å². The zero-order valence-electron chi connectivity index (χ0n) is 24.7. The van der Waals surface area contributed by atoms with Crippen molar-refractivity contribution in [2.45, 2.75) is 65.1 Å². The molecular formula is C32H39Cl2N3O4S. The van der Waals surface area contributed by atoms with Crippen molar-refractivity contribution in [2.75, 3.05) is 17.1 Å². The summed E-state index contributed by atoms with van der Waals surface area (Å²) in [4.78, 5) is 29.2. The van der Waals surface area contributed by atoms with Crippen LogP contribution in [0.3, 0.4) is 0 Å². The Balaban J connectivity index is 1.94. The first-order chi connectivity index (χ1) is 19.7. The van der Waals surface area contributed by atoms with E-state index in [0.717, 1.165) is 17.4 Å². The second-order valence-corrected chi connectivity index (χ2v) is 14.2. The first kappa shape index (κ1) is 33.4. The number of amides is 2. The van der Waals surface area contributed by atoms with Gasteiger partial charge in [0.05, 0.1) is 11.9 Å². The molecule has 0 spiro atoms. The van der Waals surface area contributed by atoms with Crippen molar-refractivity contribution in [1.82, 2.24) is 10.2 Å². The topological polar surface area (TPSA) is 86.8 Å². The van der Waals surface area contributed by atoms with E-state index in [2.05, 4.69) is 5.32 Å². The number of sulfonamides is 1. The Labute approximate surface area is 259 Å². The van der Waals surface area contributed by atoms with Crippen LogP contribution in [-0.4, -0.2) is 49.5 Å². The highest BCUT2D eigenvalue weighted by Gasteiger charge is 2.33. The monoisotopic (exact) mass is 631 g/mol. The molecule has 0 aliphatic carbocycles. The second-order valence-electron chi connectivity index (χ2n) is 11.4. The summed E-state index contributed by atoms with van der Waals surface area (Å²) in [7, 11) is -3.59. The molecule has 3 rings (SSSR count). The van der Waals surface area contributed by atoms with Crippen LogP contribution in [0.25, 0.3) is 0 Å². The number of carbonyl (C=O) groups is 2. The number of aryl methyl sites for hydroxylation is 1. The van der Waals surface area contributed by atoms with Crippen molar-refractivity contribution in [1.29, 1.82) is 0 Å². The van der Waals surface area contributed by atoms with Gasteiger partial charge >= 0.3 is 0 Å². The molecule has 0 fully saturated rings. The molecule has 1 atom stereocenters. The molecule has 3 aromatic carbocycles. The van der Waals surface area contributed by atoms with Gasteiger partial charge in [0.1, 0.15) is 6.04 Å². The third-order valence-corrected chi connectivity index (χ3v) is 8.54. The quantitative estimate of drug-likeness (QED) is 0.250. The van der Waals surface area contributed by atoms with Crippen LogP contribution in [0.1, 0.15) is 50.3 Å². The summed E-state index contributed by atoms with van der Waals surface area (Å²) in [5, 5.41) is 3.80. The zero-order chi connectivity index (χ0) is 31.1. The lowest BCUT2D eigenvalue weighted by atomic mass is 10.00. The molecule has 10 heteroatoms. The van der Waals surface area contributed by atoms with Crippen molar-refractivity contribution >= 4 is 50.7 Å². The van der Waals surface area contributed by atoms with Crippen molar-refractivity contribution in [2.24, 2.45) is 0 Å². The molecule has 3 aromatic rings. The number of anilines is 1. The van der Waals surface area contributed by atoms with Crippen LogP contribution < -0.4 is 9.62 Å². The van der Waals surface area contributed by atoms with Gasteiger partial charge in [-0.25, -0.2) is 8.42 Å². The van der Waals surface area contributed by atoms with Crippen molar-refractivity contribution < 1.29 is 18.0 Å². The molecule has 0 heterocycles. The fourth-order valence-electron chi connectivity index (χ4n) is 4.58. The number of carbonyl (C=O) groups excluding carboxylic acids is 2. The first-order valence-electron chi connectivity index (χ1n) is 13.8. The molecule has 0 radical (unpaired) electrons. The van der Waals surface area contributed by atoms with Crippen LogP contribution in [0.5, 0.6) is 0 Å². The maximum Gasteiger partial charge on any atom is 0.243 e. The largest absolute Gasteiger partial charge is 0.350 e. The van der Waals surface area contributed by atoms with Gasteiger partial charge in [-0.1, -0.05) is 77.3 Å². The zero-order valence-corrected chi connectivity index (χ0v) is 27.1. The molecule has 0 aliphatic rings. The Morgan fingerprint density at radius 1 is 0.905 bits per heavy atom. The van der Waals surface area contributed by atoms with E-state index >= 15 is 0 Å². The number of rotatable bonds is 12. The number of nitrogens with zero attached hydrogens (tertiary/aromatic N) is 2. The van der Waals surface area contributed by atoms with E-state index in [0.29, 0.717) is 21.3 Å². The molecule has 0 unspecified atom stereocenters. The first-order valence-corrected chi connectivity index (χ1v) is 16.4. The summed E-state index contributed by atoms with van der Waals surface area (Å²) in [6, 6.07) is 20.9. The Morgan fingerprint density at radius 2 is 1.50 bits per heavy atom. The summed E-state index contributed by atoms with van der Waals surface area (Å²) in [6.45, 7) is 7.69. The van der Waals surface area contributed by atoms with Crippen LogP contribution >= 0.6 is 23.2 Å². The Morgan fingerprint density at radius 3 is 2.05 bits per heavy atom. The fraction of sp³-hybridized carbons (Fsp3) is 0.375. The Hall–Kier alpha value is -3.07. The lowest BCUT2D eigenvalue weighted by molar-refractivity contribution is -0.142. The van der Waals surface area contributed by atoms with Gasteiger partial charge in [0.2, 0.25) is 21.8 Å². The van der Waals surface area contributed by atoms with Gasteiger partial charge in [-0.2, -0.15) is 0 Å². The van der Waals surface area contributed by atoms with Crippen LogP contribution in [-0.2, 0) is 32.6 Å². The second kappa shape index (κ2) is 14.4. The predicted molar refractivity (Wildman–Crippen MR) is 171 cm³/mol. The summed E-state index contributed by atoms with van der Waals surface area (Å²) in [5.74, 6) is -0.617. The summed E-state index contributed by atoms with van der Waals surface area (Å²) < 4.78 is 26.5. The SMILES string of the molecule is Cc1ccc(N(CCCC(=O)N(Cc2c(Cl)cccc2Cl)[C@@H](Cc2ccccc2)C(=O)NC(C)(C)C)S(C)(=O)=O)cc1. The maximum atomic E-state index is 14.0. The highest BCUT2D eigenvalue weighted by Crippen LogP contribution is 2.28. The lowest BCUT2D eigenvalue weighted by Gasteiger charge is -2.34. The van der Waals surface area contributed by atoms with Gasteiger partial charge < -0.3 is 10.2 Å². The van der Waals surface area contributed by atoms with Gasteiger partial charge in [-0.05, 0) is 63.9 Å². The number of hydrogen-bond acceptors (Lipinski definition) is 4. The fourth-order valence-corrected chi connectivity index (χ4v) is 6.06. The highest BCUT2D eigenvalue weighted by molar-refractivity contribution is 7.92. The van der Waals surface area contributed by atoms with Crippen LogP contribution in [0.2, 0.25) is 10.0 Å². The van der Waals surface area contributed by atoms with Gasteiger partial charge in [0, 0.05) is 47.1 Å². The third kappa shape index (κ3) is 9.75. The van der Waals surface area contributed by atoms with E-state index in [1.807, 2.05) is 70.2 Å². The molecule has 0 bridgehead atoms. The van der Waals surface area contributed by atoms with E-state index in [4.69, 9.17) is 23.2 Å². The van der Waals surface area contributed by atoms with E-state index in [-0.39, 0.29) is 44.2 Å². The van der Waals surface area contributed by atoms with Gasteiger partial charge in [-0.15, -0.1) is 0 Å². The lowest BCUT2D eigenvalue weighted by Crippen LogP contribution is -2.54. The molecule has 0 saturated heterocycles. The van der Waals surface area contributed by atoms with Gasteiger partial charge in [0.25, 0.3) is 0 Å². The van der Waals surface area contributed by atoms with Gasteiger partial charge in [0.15, 0.2) is 0 Å². The Bertz CT molecular complexity index is 1450.